The molecule has 0 amide bonds. The Balaban J connectivity index is 1.58. The van der Waals surface area contributed by atoms with Crippen molar-refractivity contribution < 1.29 is 22.6 Å². The molecule has 2 heterocycles. The van der Waals surface area contributed by atoms with Crippen LogP contribution < -0.4 is 4.74 Å². The van der Waals surface area contributed by atoms with Gasteiger partial charge in [-0.05, 0) is 17.7 Å². The number of tetrazole rings is 1. The third-order valence-corrected chi connectivity index (χ3v) is 3.36. The topological polar surface area (TPSA) is 76.2 Å². The molecule has 10 heteroatoms. The molecule has 0 bridgehead atoms. The minimum atomic E-state index is -4.68. The maximum absolute atomic E-state index is 12.1. The summed E-state index contributed by atoms with van der Waals surface area (Å²) in [7, 11) is 0. The summed E-state index contributed by atoms with van der Waals surface area (Å²) in [4.78, 5) is 2.12. The third-order valence-electron chi connectivity index (χ3n) is 3.36. The van der Waals surface area contributed by atoms with E-state index < -0.39 is 6.36 Å². The van der Waals surface area contributed by atoms with Crippen LogP contribution in [-0.4, -0.2) is 51.6 Å². The van der Waals surface area contributed by atoms with Crippen molar-refractivity contribution in [2.75, 3.05) is 19.7 Å². The molecule has 1 atom stereocenters. The van der Waals surface area contributed by atoms with E-state index in [0.717, 1.165) is 12.1 Å². The van der Waals surface area contributed by atoms with Gasteiger partial charge in [-0.15, -0.1) is 23.4 Å². The Morgan fingerprint density at radius 3 is 2.74 bits per heavy atom. The molecule has 0 radical (unpaired) electrons. The largest absolute Gasteiger partial charge is 0.573 e. The monoisotopic (exact) mass is 329 g/mol. The number of morpholine rings is 1. The van der Waals surface area contributed by atoms with Gasteiger partial charge in [-0.2, -0.15) is 5.21 Å². The van der Waals surface area contributed by atoms with Gasteiger partial charge in [0.2, 0.25) is 5.82 Å². The number of aromatic amines is 1. The second kappa shape index (κ2) is 6.50. The van der Waals surface area contributed by atoms with Gasteiger partial charge >= 0.3 is 6.36 Å². The van der Waals surface area contributed by atoms with Gasteiger partial charge in [0.05, 0.1) is 6.61 Å². The van der Waals surface area contributed by atoms with Crippen LogP contribution in [0, 0.1) is 0 Å². The van der Waals surface area contributed by atoms with Gasteiger partial charge in [-0.3, -0.25) is 4.90 Å². The first kappa shape index (κ1) is 15.7. The summed E-state index contributed by atoms with van der Waals surface area (Å²) in [5, 5.41) is 13.7. The predicted molar refractivity (Wildman–Crippen MR) is 71.3 cm³/mol. The summed E-state index contributed by atoms with van der Waals surface area (Å²) in [6.45, 7) is 2.41. The zero-order valence-electron chi connectivity index (χ0n) is 12.0. The van der Waals surface area contributed by atoms with Crippen LogP contribution in [-0.2, 0) is 11.3 Å². The third kappa shape index (κ3) is 4.39. The second-order valence-corrected chi connectivity index (χ2v) is 5.06. The number of ether oxygens (including phenoxy) is 2. The van der Waals surface area contributed by atoms with Crippen LogP contribution in [0.25, 0.3) is 0 Å². The Labute approximate surface area is 129 Å². The highest BCUT2D eigenvalue weighted by molar-refractivity contribution is 5.27. The number of nitrogens with zero attached hydrogens (tertiary/aromatic N) is 4. The molecule has 1 aliphatic rings. The molecule has 3 rings (SSSR count). The molecule has 7 nitrogen and oxygen atoms in total. The number of aromatic nitrogens is 4. The average molecular weight is 329 g/mol. The van der Waals surface area contributed by atoms with Crippen LogP contribution in [0.2, 0.25) is 0 Å². The van der Waals surface area contributed by atoms with E-state index in [1.165, 1.54) is 12.1 Å². The molecule has 0 aliphatic carbocycles. The summed E-state index contributed by atoms with van der Waals surface area (Å²) >= 11 is 0. The lowest BCUT2D eigenvalue weighted by molar-refractivity contribution is -0.274. The van der Waals surface area contributed by atoms with Gasteiger partial charge in [-0.1, -0.05) is 17.3 Å². The van der Waals surface area contributed by atoms with Crippen LogP contribution in [0.4, 0.5) is 13.2 Å². The van der Waals surface area contributed by atoms with Gasteiger partial charge < -0.3 is 9.47 Å². The molecule has 2 aromatic rings. The fraction of sp³-hybridized carbons (Fsp3) is 0.462. The maximum atomic E-state index is 12.1. The standard InChI is InChI=1S/C13H14F3N5O2/c14-13(15,16)23-10-3-1-9(2-4-10)7-21-5-6-22-11(8-21)12-17-19-20-18-12/h1-4,11H,5-8H2,(H,17,18,19,20). The molecule has 124 valence electrons. The highest BCUT2D eigenvalue weighted by Gasteiger charge is 2.31. The van der Waals surface area contributed by atoms with E-state index in [9.17, 15) is 13.2 Å². The first-order chi connectivity index (χ1) is 11.0. The van der Waals surface area contributed by atoms with Crippen LogP contribution >= 0.6 is 0 Å². The normalized spacial score (nSPS) is 19.7. The van der Waals surface area contributed by atoms with Gasteiger partial charge in [-0.25, -0.2) is 0 Å². The van der Waals surface area contributed by atoms with Crippen molar-refractivity contribution >= 4 is 0 Å². The Bertz CT molecular complexity index is 618. The first-order valence-corrected chi connectivity index (χ1v) is 6.91. The predicted octanol–water partition coefficient (Wildman–Crippen LogP) is 1.67. The van der Waals surface area contributed by atoms with E-state index in [0.29, 0.717) is 25.5 Å². The molecule has 0 spiro atoms. The highest BCUT2D eigenvalue weighted by Crippen LogP contribution is 2.24. The Morgan fingerprint density at radius 1 is 1.30 bits per heavy atom. The zero-order chi connectivity index (χ0) is 16.3. The van der Waals surface area contributed by atoms with E-state index in [1.807, 2.05) is 0 Å². The van der Waals surface area contributed by atoms with E-state index in [1.54, 1.807) is 12.1 Å². The molecule has 1 aliphatic heterocycles. The molecule has 0 saturated carbocycles. The lowest BCUT2D eigenvalue weighted by Crippen LogP contribution is -2.38. The summed E-state index contributed by atoms with van der Waals surface area (Å²) in [6.07, 6.45) is -4.95. The number of hydrogen-bond acceptors (Lipinski definition) is 6. The minimum Gasteiger partial charge on any atom is -0.406 e. The minimum absolute atomic E-state index is 0.229. The zero-order valence-corrected chi connectivity index (χ0v) is 12.0. The Hall–Kier alpha value is -2.20. The van der Waals surface area contributed by atoms with Crippen molar-refractivity contribution in [2.24, 2.45) is 0 Å². The molecule has 1 fully saturated rings. The molecule has 1 N–H and O–H groups in total. The fourth-order valence-electron chi connectivity index (χ4n) is 2.36. The van der Waals surface area contributed by atoms with Gasteiger partial charge in [0.15, 0.2) is 0 Å². The fourth-order valence-corrected chi connectivity index (χ4v) is 2.36. The van der Waals surface area contributed by atoms with E-state index in [4.69, 9.17) is 4.74 Å². The van der Waals surface area contributed by atoms with Crippen LogP contribution in [0.1, 0.15) is 17.5 Å². The number of rotatable bonds is 4. The van der Waals surface area contributed by atoms with E-state index in [2.05, 4.69) is 30.3 Å². The van der Waals surface area contributed by atoms with Crippen molar-refractivity contribution in [1.29, 1.82) is 0 Å². The SMILES string of the molecule is FC(F)(F)Oc1ccc(CN2CCOC(c3nn[nH]n3)C2)cc1. The molecule has 1 unspecified atom stereocenters. The molecular formula is C13H14F3N5O2. The Kier molecular flexibility index (Phi) is 4.44. The van der Waals surface area contributed by atoms with Gasteiger partial charge in [0.1, 0.15) is 11.9 Å². The van der Waals surface area contributed by atoms with Gasteiger partial charge in [0, 0.05) is 19.6 Å². The number of hydrogen-bond donors (Lipinski definition) is 1. The van der Waals surface area contributed by atoms with Crippen LogP contribution in [0.15, 0.2) is 24.3 Å². The summed E-state index contributed by atoms with van der Waals surface area (Å²) in [5.41, 5.74) is 0.883. The number of alkyl halides is 3. The average Bonchev–Trinajstić information content (AvgIpc) is 3.02. The summed E-state index contributed by atoms with van der Waals surface area (Å²) in [5.74, 6) is 0.261. The molecule has 23 heavy (non-hydrogen) atoms. The van der Waals surface area contributed by atoms with E-state index in [-0.39, 0.29) is 11.9 Å². The number of nitrogens with one attached hydrogen (secondary N) is 1. The van der Waals surface area contributed by atoms with Crippen molar-refractivity contribution in [3.8, 4) is 5.75 Å². The number of H-pyrrole nitrogens is 1. The second-order valence-electron chi connectivity index (χ2n) is 5.06. The summed E-state index contributed by atoms with van der Waals surface area (Å²) < 4.78 is 45.8. The first-order valence-electron chi connectivity index (χ1n) is 6.91. The Morgan fingerprint density at radius 2 is 2.09 bits per heavy atom. The van der Waals surface area contributed by atoms with Crippen molar-refractivity contribution in [3.63, 3.8) is 0 Å². The van der Waals surface area contributed by atoms with Crippen LogP contribution in [0.5, 0.6) is 5.75 Å². The van der Waals surface area contributed by atoms with Crippen molar-refractivity contribution in [3.05, 3.63) is 35.7 Å². The van der Waals surface area contributed by atoms with Crippen molar-refractivity contribution in [2.45, 2.75) is 19.0 Å². The number of halogens is 3. The quantitative estimate of drug-likeness (QED) is 0.920. The maximum Gasteiger partial charge on any atom is 0.573 e. The van der Waals surface area contributed by atoms with E-state index >= 15 is 0 Å². The molecule has 1 saturated heterocycles. The van der Waals surface area contributed by atoms with Crippen LogP contribution in [0.3, 0.4) is 0 Å². The smallest absolute Gasteiger partial charge is 0.406 e. The van der Waals surface area contributed by atoms with Gasteiger partial charge in [0.25, 0.3) is 0 Å². The lowest BCUT2D eigenvalue weighted by Gasteiger charge is -2.31. The summed E-state index contributed by atoms with van der Waals surface area (Å²) in [6, 6.07) is 5.83. The molecule has 1 aromatic heterocycles. The lowest BCUT2D eigenvalue weighted by atomic mass is 10.2. The number of benzene rings is 1. The highest BCUT2D eigenvalue weighted by atomic mass is 19.4. The molecule has 1 aromatic carbocycles. The molecular weight excluding hydrogens is 315 g/mol. The van der Waals surface area contributed by atoms with Crippen molar-refractivity contribution in [1.82, 2.24) is 25.5 Å².